The molecular weight excluding hydrogens is 396 g/mol. The van der Waals surface area contributed by atoms with Crippen molar-refractivity contribution in [1.29, 1.82) is 0 Å². The van der Waals surface area contributed by atoms with Gasteiger partial charge in [-0.15, -0.1) is 12.4 Å². The van der Waals surface area contributed by atoms with Crippen LogP contribution in [0.1, 0.15) is 0 Å². The Labute approximate surface area is 163 Å². The number of hydrogen-bond acceptors (Lipinski definition) is 6. The summed E-state index contributed by atoms with van der Waals surface area (Å²) < 4.78 is 30.8. The molecule has 1 aliphatic heterocycles. The van der Waals surface area contributed by atoms with Crippen LogP contribution in [0.25, 0.3) is 11.1 Å². The van der Waals surface area contributed by atoms with Gasteiger partial charge in [0.1, 0.15) is 6.54 Å². The van der Waals surface area contributed by atoms with Gasteiger partial charge < -0.3 is 9.73 Å². The second kappa shape index (κ2) is 8.87. The van der Waals surface area contributed by atoms with Crippen molar-refractivity contribution in [3.8, 4) is 0 Å². The summed E-state index contributed by atoms with van der Waals surface area (Å²) in [5, 5.41) is 2.79. The van der Waals surface area contributed by atoms with Crippen molar-refractivity contribution in [2.45, 2.75) is 6.54 Å². The summed E-state index contributed by atoms with van der Waals surface area (Å²) in [6, 6.07) is 6.96. The number of aromatic nitrogens is 1. The zero-order valence-corrected chi connectivity index (χ0v) is 16.6. The molecule has 1 aromatic carbocycles. The monoisotopic (exact) mass is 418 g/mol. The molecule has 9 nitrogen and oxygen atoms in total. The summed E-state index contributed by atoms with van der Waals surface area (Å²) in [7, 11) is -3.14. The normalized spacial score (nSPS) is 16.2. The zero-order chi connectivity index (χ0) is 18.7. The Morgan fingerprint density at radius 3 is 2.52 bits per heavy atom. The fraction of sp³-hybridized carbons (Fsp3) is 0.500. The molecule has 0 saturated carbocycles. The Morgan fingerprint density at radius 1 is 1.19 bits per heavy atom. The SMILES string of the molecule is CS(=O)(=O)N1CCN(CCNC(=O)Cn2c(=O)oc3ccccc32)CC1.Cl. The Kier molecular flexibility index (Phi) is 7.04. The number of nitrogens with zero attached hydrogens (tertiary/aromatic N) is 3. The first-order valence-electron chi connectivity index (χ1n) is 8.37. The standard InChI is InChI=1S/C16H22N4O5S.ClH/c1-26(23,24)19-10-8-18(9-11-19)7-6-17-15(21)12-20-13-4-2-3-5-14(13)25-16(20)22;/h2-5H,6-12H2,1H3,(H,17,21);1H. The summed E-state index contributed by atoms with van der Waals surface area (Å²) in [5.74, 6) is -0.827. The molecule has 27 heavy (non-hydrogen) atoms. The largest absolute Gasteiger partial charge is 0.420 e. The van der Waals surface area contributed by atoms with E-state index in [1.54, 1.807) is 24.3 Å². The average Bonchev–Trinajstić information content (AvgIpc) is 2.90. The van der Waals surface area contributed by atoms with Crippen LogP contribution < -0.4 is 11.1 Å². The Bertz CT molecular complexity index is 947. The highest BCUT2D eigenvalue weighted by atomic mass is 35.5. The number of sulfonamides is 1. The molecule has 0 unspecified atom stereocenters. The number of carbonyl (C=O) groups excluding carboxylic acids is 1. The van der Waals surface area contributed by atoms with Crippen molar-refractivity contribution in [3.05, 3.63) is 34.8 Å². The van der Waals surface area contributed by atoms with Crippen LogP contribution in [0.15, 0.2) is 33.5 Å². The molecule has 0 radical (unpaired) electrons. The molecule has 0 aliphatic carbocycles. The predicted molar refractivity (Wildman–Crippen MR) is 104 cm³/mol. The van der Waals surface area contributed by atoms with E-state index in [-0.39, 0.29) is 24.9 Å². The minimum atomic E-state index is -3.14. The highest BCUT2D eigenvalue weighted by Crippen LogP contribution is 2.11. The van der Waals surface area contributed by atoms with Crippen LogP contribution in [0, 0.1) is 0 Å². The van der Waals surface area contributed by atoms with E-state index in [1.807, 2.05) is 0 Å². The molecule has 1 saturated heterocycles. The summed E-state index contributed by atoms with van der Waals surface area (Å²) in [6.07, 6.45) is 1.21. The zero-order valence-electron chi connectivity index (χ0n) is 15.0. The Morgan fingerprint density at radius 2 is 1.85 bits per heavy atom. The minimum Gasteiger partial charge on any atom is -0.408 e. The lowest BCUT2D eigenvalue weighted by atomic mass is 10.3. The number of para-hydroxylation sites is 2. The molecule has 1 fully saturated rings. The van der Waals surface area contributed by atoms with Crippen LogP contribution in [0.5, 0.6) is 0 Å². The van der Waals surface area contributed by atoms with Gasteiger partial charge in [-0.1, -0.05) is 12.1 Å². The van der Waals surface area contributed by atoms with E-state index >= 15 is 0 Å². The number of hydrogen-bond donors (Lipinski definition) is 1. The number of rotatable bonds is 6. The van der Waals surface area contributed by atoms with Crippen LogP contribution in [-0.2, 0) is 21.4 Å². The summed E-state index contributed by atoms with van der Waals surface area (Å²) in [6.45, 7) is 3.15. The number of piperazine rings is 1. The van der Waals surface area contributed by atoms with Gasteiger partial charge in [0, 0.05) is 39.3 Å². The first-order valence-corrected chi connectivity index (χ1v) is 10.2. The number of halogens is 1. The predicted octanol–water partition coefficient (Wildman–Crippen LogP) is -0.290. The second-order valence-electron chi connectivity index (χ2n) is 6.28. The van der Waals surface area contributed by atoms with Crippen LogP contribution >= 0.6 is 12.4 Å². The van der Waals surface area contributed by atoms with Crippen LogP contribution in [-0.4, -0.2) is 73.6 Å². The molecule has 1 N–H and O–H groups in total. The third-order valence-corrected chi connectivity index (χ3v) is 5.73. The lowest BCUT2D eigenvalue weighted by molar-refractivity contribution is -0.121. The lowest BCUT2D eigenvalue weighted by Gasteiger charge is -2.33. The maximum atomic E-state index is 12.1. The third kappa shape index (κ3) is 5.32. The quantitative estimate of drug-likeness (QED) is 0.691. The van der Waals surface area contributed by atoms with Crippen molar-refractivity contribution >= 4 is 39.4 Å². The first kappa shape index (κ1) is 21.4. The number of amides is 1. The number of carbonyl (C=O) groups is 1. The molecule has 0 bridgehead atoms. The molecule has 0 atom stereocenters. The number of oxazole rings is 1. The molecule has 1 amide bonds. The minimum absolute atomic E-state index is 0. The molecule has 1 aliphatic rings. The van der Waals surface area contributed by atoms with E-state index in [0.717, 1.165) is 0 Å². The van der Waals surface area contributed by atoms with Gasteiger partial charge in [0.2, 0.25) is 15.9 Å². The molecule has 3 rings (SSSR count). The summed E-state index contributed by atoms with van der Waals surface area (Å²) >= 11 is 0. The Balaban J connectivity index is 0.00000261. The molecule has 2 aromatic rings. The smallest absolute Gasteiger partial charge is 0.408 e. The molecule has 1 aromatic heterocycles. The topological polar surface area (TPSA) is 105 Å². The lowest BCUT2D eigenvalue weighted by Crippen LogP contribution is -2.50. The molecular formula is C16H23ClN4O5S. The summed E-state index contributed by atoms with van der Waals surface area (Å²) in [4.78, 5) is 26.1. The van der Waals surface area contributed by atoms with E-state index in [1.165, 1.54) is 15.1 Å². The van der Waals surface area contributed by atoms with E-state index in [9.17, 15) is 18.0 Å². The van der Waals surface area contributed by atoms with E-state index in [4.69, 9.17) is 4.42 Å². The average molecular weight is 419 g/mol. The maximum Gasteiger partial charge on any atom is 0.420 e. The van der Waals surface area contributed by atoms with Crippen molar-refractivity contribution in [1.82, 2.24) is 19.1 Å². The van der Waals surface area contributed by atoms with Crippen molar-refractivity contribution in [2.24, 2.45) is 0 Å². The van der Waals surface area contributed by atoms with Gasteiger partial charge in [-0.3, -0.25) is 14.3 Å². The van der Waals surface area contributed by atoms with E-state index < -0.39 is 15.8 Å². The molecule has 0 spiro atoms. The molecule has 150 valence electrons. The van der Waals surface area contributed by atoms with Gasteiger partial charge in [-0.05, 0) is 12.1 Å². The molecule has 2 heterocycles. The second-order valence-corrected chi connectivity index (χ2v) is 8.26. The Hall–Kier alpha value is -1.88. The van der Waals surface area contributed by atoms with Gasteiger partial charge in [-0.2, -0.15) is 4.31 Å². The maximum absolute atomic E-state index is 12.1. The molecule has 11 heteroatoms. The number of nitrogens with one attached hydrogen (secondary N) is 1. The van der Waals surface area contributed by atoms with E-state index in [2.05, 4.69) is 10.2 Å². The van der Waals surface area contributed by atoms with Gasteiger partial charge in [0.15, 0.2) is 5.58 Å². The highest BCUT2D eigenvalue weighted by molar-refractivity contribution is 7.88. The fourth-order valence-corrected chi connectivity index (χ4v) is 3.83. The van der Waals surface area contributed by atoms with Crippen molar-refractivity contribution in [2.75, 3.05) is 45.5 Å². The summed E-state index contributed by atoms with van der Waals surface area (Å²) in [5.41, 5.74) is 1.04. The highest BCUT2D eigenvalue weighted by Gasteiger charge is 2.23. The third-order valence-electron chi connectivity index (χ3n) is 4.43. The van der Waals surface area contributed by atoms with Crippen LogP contribution in [0.3, 0.4) is 0 Å². The first-order chi connectivity index (χ1) is 12.3. The van der Waals surface area contributed by atoms with Crippen LogP contribution in [0.4, 0.5) is 0 Å². The van der Waals surface area contributed by atoms with Crippen molar-refractivity contribution < 1.29 is 17.6 Å². The number of benzene rings is 1. The van der Waals surface area contributed by atoms with Crippen LogP contribution in [0.2, 0.25) is 0 Å². The van der Waals surface area contributed by atoms with Gasteiger partial charge in [-0.25, -0.2) is 13.2 Å². The fourth-order valence-electron chi connectivity index (χ4n) is 3.00. The van der Waals surface area contributed by atoms with Crippen molar-refractivity contribution in [3.63, 3.8) is 0 Å². The van der Waals surface area contributed by atoms with Gasteiger partial charge in [0.05, 0.1) is 11.8 Å². The number of fused-ring (bicyclic) bond motifs is 1. The van der Waals surface area contributed by atoms with Gasteiger partial charge >= 0.3 is 5.76 Å². The van der Waals surface area contributed by atoms with Gasteiger partial charge in [0.25, 0.3) is 0 Å². The van der Waals surface area contributed by atoms with E-state index in [0.29, 0.717) is 50.4 Å².